The molecule has 0 amide bonds. The van der Waals surface area contributed by atoms with Gasteiger partial charge >= 0.3 is 0 Å². The van der Waals surface area contributed by atoms with Crippen molar-refractivity contribution in [3.05, 3.63) is 151 Å². The fourth-order valence-corrected chi connectivity index (χ4v) is 7.19. The number of anilines is 3. The molecule has 210 valence electrons. The van der Waals surface area contributed by atoms with Crippen molar-refractivity contribution < 1.29 is 0 Å². The lowest BCUT2D eigenvalue weighted by Crippen LogP contribution is -2.18. The summed E-state index contributed by atoms with van der Waals surface area (Å²) in [4.78, 5) is 7.31. The molecular formula is C41H26N4. The predicted octanol–water partition coefficient (Wildman–Crippen LogP) is 10.6. The van der Waals surface area contributed by atoms with Gasteiger partial charge in [-0.25, -0.2) is 4.98 Å². The van der Waals surface area contributed by atoms with Crippen molar-refractivity contribution in [1.82, 2.24) is 9.55 Å². The van der Waals surface area contributed by atoms with Gasteiger partial charge in [-0.15, -0.1) is 0 Å². The Morgan fingerprint density at radius 2 is 1.16 bits per heavy atom. The lowest BCUT2D eigenvalue weighted by atomic mass is 9.85. The zero-order chi connectivity index (χ0) is 30.1. The third-order valence-electron chi connectivity index (χ3n) is 9.06. The monoisotopic (exact) mass is 574 g/mol. The summed E-state index contributed by atoms with van der Waals surface area (Å²) in [6.07, 6.45) is 0. The van der Waals surface area contributed by atoms with Crippen LogP contribution in [-0.4, -0.2) is 9.55 Å². The summed E-state index contributed by atoms with van der Waals surface area (Å²) in [5.41, 5.74) is 11.9. The summed E-state index contributed by atoms with van der Waals surface area (Å²) in [6, 6.07) is 51.4. The van der Waals surface area contributed by atoms with Crippen molar-refractivity contribution in [2.24, 2.45) is 0 Å². The highest BCUT2D eigenvalue weighted by atomic mass is 15.2. The standard InChI is InChI=1S/C41H26N4/c1-26-43-35-16-9-17-37-41(35)44(26)36-23-22-29(24-38(36)45(37)30-10-3-2-4-11-30)40-33-14-7-5-12-31(33)39(32-13-6-8-15-34(32)40)28-20-18-27(25-42)19-21-28/h2-24H,1H3. The van der Waals surface area contributed by atoms with E-state index in [0.29, 0.717) is 5.56 Å². The minimum Gasteiger partial charge on any atom is -0.306 e. The summed E-state index contributed by atoms with van der Waals surface area (Å²) in [7, 11) is 0. The highest BCUT2D eigenvalue weighted by Gasteiger charge is 2.29. The second-order valence-electron chi connectivity index (χ2n) is 11.5. The number of hydrogen-bond acceptors (Lipinski definition) is 3. The highest BCUT2D eigenvalue weighted by Crippen LogP contribution is 2.50. The topological polar surface area (TPSA) is 44.9 Å². The molecule has 7 aromatic carbocycles. The molecule has 4 nitrogen and oxygen atoms in total. The third kappa shape index (κ3) is 3.68. The molecule has 0 aliphatic carbocycles. The van der Waals surface area contributed by atoms with E-state index in [0.717, 1.165) is 50.7 Å². The van der Waals surface area contributed by atoms with E-state index in [-0.39, 0.29) is 0 Å². The number of benzene rings is 7. The van der Waals surface area contributed by atoms with Crippen LogP contribution in [0.5, 0.6) is 0 Å². The lowest BCUT2D eigenvalue weighted by molar-refractivity contribution is 0.982. The van der Waals surface area contributed by atoms with Gasteiger partial charge in [-0.2, -0.15) is 5.26 Å². The molecule has 0 bridgehead atoms. The number of rotatable bonds is 3. The molecule has 0 N–H and O–H groups in total. The van der Waals surface area contributed by atoms with E-state index in [1.165, 1.54) is 32.7 Å². The second-order valence-corrected chi connectivity index (χ2v) is 11.5. The molecular weight excluding hydrogens is 548 g/mol. The zero-order valence-electron chi connectivity index (χ0n) is 24.6. The van der Waals surface area contributed by atoms with Crippen LogP contribution < -0.4 is 4.90 Å². The van der Waals surface area contributed by atoms with Gasteiger partial charge in [0.1, 0.15) is 5.82 Å². The van der Waals surface area contributed by atoms with Gasteiger partial charge in [-0.3, -0.25) is 4.57 Å². The summed E-state index contributed by atoms with van der Waals surface area (Å²) < 4.78 is 2.30. The van der Waals surface area contributed by atoms with Crippen molar-refractivity contribution in [3.8, 4) is 34.0 Å². The molecule has 8 aromatic rings. The number of imidazole rings is 1. The Morgan fingerprint density at radius 1 is 0.556 bits per heavy atom. The molecule has 0 saturated carbocycles. The molecule has 45 heavy (non-hydrogen) atoms. The minimum absolute atomic E-state index is 0.660. The Balaban J connectivity index is 1.36. The van der Waals surface area contributed by atoms with Crippen molar-refractivity contribution in [2.75, 3.05) is 4.90 Å². The second kappa shape index (κ2) is 9.67. The van der Waals surface area contributed by atoms with Crippen molar-refractivity contribution in [2.45, 2.75) is 6.92 Å². The number of para-hydroxylation sites is 2. The Hall–Kier alpha value is -6.18. The first-order valence-corrected chi connectivity index (χ1v) is 15.1. The van der Waals surface area contributed by atoms with Crippen molar-refractivity contribution >= 4 is 49.6 Å². The smallest absolute Gasteiger partial charge is 0.111 e. The highest BCUT2D eigenvalue weighted by molar-refractivity contribution is 6.21. The average molecular weight is 575 g/mol. The maximum atomic E-state index is 9.42. The quantitative estimate of drug-likeness (QED) is 0.197. The molecule has 2 heterocycles. The SMILES string of the molecule is Cc1nc2cccc3c2n1-c1ccc(-c2c4ccccc4c(-c4ccc(C#N)cc4)c4ccccc24)cc1N3c1ccccc1. The molecule has 0 saturated heterocycles. The van der Waals surface area contributed by atoms with E-state index >= 15 is 0 Å². The van der Waals surface area contributed by atoms with Gasteiger partial charge in [0.25, 0.3) is 0 Å². The van der Waals surface area contributed by atoms with E-state index in [9.17, 15) is 5.26 Å². The van der Waals surface area contributed by atoms with Crippen molar-refractivity contribution in [1.29, 1.82) is 5.26 Å². The molecule has 1 aliphatic heterocycles. The minimum atomic E-state index is 0.660. The van der Waals surface area contributed by atoms with E-state index in [2.05, 4.69) is 150 Å². The molecule has 1 aliphatic rings. The van der Waals surface area contributed by atoms with E-state index in [1.54, 1.807) is 0 Å². The summed E-state index contributed by atoms with van der Waals surface area (Å²) in [6.45, 7) is 2.09. The number of nitrogens with zero attached hydrogens (tertiary/aromatic N) is 4. The number of nitriles is 1. The van der Waals surface area contributed by atoms with Crippen LogP contribution in [0.15, 0.2) is 140 Å². The van der Waals surface area contributed by atoms with Gasteiger partial charge in [-0.1, -0.05) is 91.0 Å². The van der Waals surface area contributed by atoms with Gasteiger partial charge in [-0.05, 0) is 99.3 Å². The fourth-order valence-electron chi connectivity index (χ4n) is 7.19. The molecule has 0 spiro atoms. The summed E-state index contributed by atoms with van der Waals surface area (Å²) >= 11 is 0. The Labute approximate surface area is 260 Å². The third-order valence-corrected chi connectivity index (χ3v) is 9.06. The van der Waals surface area contributed by atoms with Gasteiger partial charge in [0.15, 0.2) is 0 Å². The van der Waals surface area contributed by atoms with Gasteiger partial charge in [0.2, 0.25) is 0 Å². The average Bonchev–Trinajstić information content (AvgIpc) is 3.44. The summed E-state index contributed by atoms with van der Waals surface area (Å²) in [5.74, 6) is 0.974. The number of fused-ring (bicyclic) bond motifs is 4. The molecule has 4 heteroatoms. The lowest BCUT2D eigenvalue weighted by Gasteiger charge is -2.33. The van der Waals surface area contributed by atoms with Crippen LogP contribution in [0.25, 0.3) is 60.5 Å². The van der Waals surface area contributed by atoms with Crippen LogP contribution >= 0.6 is 0 Å². The predicted molar refractivity (Wildman–Crippen MR) is 185 cm³/mol. The van der Waals surface area contributed by atoms with Crippen LogP contribution in [0.3, 0.4) is 0 Å². The maximum Gasteiger partial charge on any atom is 0.111 e. The van der Waals surface area contributed by atoms with Crippen molar-refractivity contribution in [3.63, 3.8) is 0 Å². The first-order chi connectivity index (χ1) is 22.2. The number of aryl methyl sites for hydroxylation is 1. The molecule has 0 atom stereocenters. The molecule has 9 rings (SSSR count). The first-order valence-electron chi connectivity index (χ1n) is 15.1. The van der Waals surface area contributed by atoms with Crippen LogP contribution in [0, 0.1) is 18.3 Å². The van der Waals surface area contributed by atoms with Gasteiger partial charge in [0, 0.05) is 5.69 Å². The first kappa shape index (κ1) is 25.3. The number of hydrogen-bond donors (Lipinski definition) is 0. The summed E-state index contributed by atoms with van der Waals surface area (Å²) in [5, 5.41) is 14.2. The van der Waals surface area contributed by atoms with Crippen LogP contribution in [0.4, 0.5) is 17.1 Å². The molecule has 0 unspecified atom stereocenters. The van der Waals surface area contributed by atoms with Crippen LogP contribution in [-0.2, 0) is 0 Å². The van der Waals surface area contributed by atoms with E-state index in [1.807, 2.05) is 12.1 Å². The number of aromatic nitrogens is 2. The van der Waals surface area contributed by atoms with Crippen LogP contribution in [0.2, 0.25) is 0 Å². The molecule has 0 fully saturated rings. The zero-order valence-corrected chi connectivity index (χ0v) is 24.6. The largest absolute Gasteiger partial charge is 0.306 e. The van der Waals surface area contributed by atoms with Crippen LogP contribution in [0.1, 0.15) is 11.4 Å². The fraction of sp³-hybridized carbons (Fsp3) is 0.0244. The Bertz CT molecular complexity index is 2440. The molecule has 0 radical (unpaired) electrons. The maximum absolute atomic E-state index is 9.42. The Kier molecular flexibility index (Phi) is 5.44. The van der Waals surface area contributed by atoms with Gasteiger partial charge in [0.05, 0.1) is 39.7 Å². The normalized spacial score (nSPS) is 12.0. The van der Waals surface area contributed by atoms with E-state index < -0.39 is 0 Å². The van der Waals surface area contributed by atoms with Gasteiger partial charge < -0.3 is 4.90 Å². The Morgan fingerprint density at radius 3 is 1.80 bits per heavy atom. The molecule has 1 aromatic heterocycles. The van der Waals surface area contributed by atoms with E-state index in [4.69, 9.17) is 4.98 Å².